The summed E-state index contributed by atoms with van der Waals surface area (Å²) in [5.41, 5.74) is 3.43. The van der Waals surface area contributed by atoms with E-state index >= 15 is 0 Å². The van der Waals surface area contributed by atoms with Crippen LogP contribution in [0.15, 0.2) is 30.3 Å². The molecule has 2 aromatic carbocycles. The number of ether oxygens (including phenoxy) is 3. The van der Waals surface area contributed by atoms with Crippen molar-refractivity contribution >= 4 is 17.5 Å². The van der Waals surface area contributed by atoms with Crippen molar-refractivity contribution in [1.82, 2.24) is 4.90 Å². The highest BCUT2D eigenvalue weighted by Gasteiger charge is 2.29. The molecule has 1 saturated heterocycles. The van der Waals surface area contributed by atoms with Gasteiger partial charge in [-0.1, -0.05) is 18.2 Å². The summed E-state index contributed by atoms with van der Waals surface area (Å²) in [5.74, 6) is 1.10. The second kappa shape index (κ2) is 9.73. The number of piperidine rings is 1. The highest BCUT2D eigenvalue weighted by Crippen LogP contribution is 2.38. The van der Waals surface area contributed by atoms with Gasteiger partial charge in [-0.15, -0.1) is 0 Å². The van der Waals surface area contributed by atoms with Crippen molar-refractivity contribution in [2.24, 2.45) is 5.92 Å². The monoisotopic (exact) mass is 426 g/mol. The van der Waals surface area contributed by atoms with Gasteiger partial charge in [-0.25, -0.2) is 0 Å². The van der Waals surface area contributed by atoms with Crippen molar-refractivity contribution in [3.05, 3.63) is 47.0 Å². The topological polar surface area (TPSA) is 77.1 Å². The van der Waals surface area contributed by atoms with E-state index in [1.807, 2.05) is 32.0 Å². The fourth-order valence-electron chi connectivity index (χ4n) is 3.97. The molecule has 0 unspecified atom stereocenters. The molecular weight excluding hydrogens is 396 g/mol. The molecule has 0 saturated carbocycles. The van der Waals surface area contributed by atoms with Crippen LogP contribution < -0.4 is 19.5 Å². The first-order valence-corrected chi connectivity index (χ1v) is 10.4. The Kier molecular flexibility index (Phi) is 7.05. The number of amides is 2. The molecule has 1 fully saturated rings. The van der Waals surface area contributed by atoms with E-state index < -0.39 is 0 Å². The maximum absolute atomic E-state index is 13.1. The minimum atomic E-state index is -0.122. The molecular formula is C24H30N2O5. The normalized spacial score (nSPS) is 14.2. The molecule has 0 radical (unpaired) electrons. The van der Waals surface area contributed by atoms with E-state index in [0.717, 1.165) is 16.8 Å². The van der Waals surface area contributed by atoms with Gasteiger partial charge in [0.05, 0.1) is 21.3 Å². The molecule has 1 aliphatic heterocycles. The molecule has 2 aromatic rings. The zero-order chi connectivity index (χ0) is 22.5. The van der Waals surface area contributed by atoms with E-state index in [-0.39, 0.29) is 17.7 Å². The van der Waals surface area contributed by atoms with Crippen molar-refractivity contribution in [3.8, 4) is 17.2 Å². The number of rotatable bonds is 6. The van der Waals surface area contributed by atoms with Gasteiger partial charge in [0.2, 0.25) is 11.7 Å². The van der Waals surface area contributed by atoms with Crippen molar-refractivity contribution in [3.63, 3.8) is 0 Å². The quantitative estimate of drug-likeness (QED) is 0.760. The summed E-state index contributed by atoms with van der Waals surface area (Å²) in [6, 6.07) is 9.27. The molecule has 31 heavy (non-hydrogen) atoms. The van der Waals surface area contributed by atoms with Crippen LogP contribution in [0.3, 0.4) is 0 Å². The van der Waals surface area contributed by atoms with Gasteiger partial charge >= 0.3 is 0 Å². The first kappa shape index (κ1) is 22.5. The summed E-state index contributed by atoms with van der Waals surface area (Å²) in [6.07, 6.45) is 1.24. The number of carbonyl (C=O) groups excluding carboxylic acids is 2. The van der Waals surface area contributed by atoms with E-state index in [2.05, 4.69) is 5.32 Å². The van der Waals surface area contributed by atoms with Crippen molar-refractivity contribution in [2.75, 3.05) is 39.7 Å². The summed E-state index contributed by atoms with van der Waals surface area (Å²) in [5, 5.41) is 3.08. The number of hydrogen-bond acceptors (Lipinski definition) is 5. The number of anilines is 1. The first-order valence-electron chi connectivity index (χ1n) is 10.4. The second-order valence-corrected chi connectivity index (χ2v) is 7.74. The van der Waals surface area contributed by atoms with E-state index in [1.165, 1.54) is 21.3 Å². The Morgan fingerprint density at radius 3 is 1.97 bits per heavy atom. The van der Waals surface area contributed by atoms with Gasteiger partial charge < -0.3 is 24.4 Å². The standard InChI is InChI=1S/C24H30N2O5/c1-15-7-6-8-16(2)21(15)25-23(27)17-9-11-26(12-10-17)24(28)18-13-19(29-3)22(31-5)20(14-18)30-4/h6-8,13-14,17H,9-12H2,1-5H3,(H,25,27). The largest absolute Gasteiger partial charge is 0.493 e. The second-order valence-electron chi connectivity index (χ2n) is 7.74. The Bertz CT molecular complexity index is 919. The third-order valence-corrected chi connectivity index (χ3v) is 5.79. The fourth-order valence-corrected chi connectivity index (χ4v) is 3.97. The number of hydrogen-bond donors (Lipinski definition) is 1. The molecule has 2 amide bonds. The summed E-state index contributed by atoms with van der Waals surface area (Å²) < 4.78 is 16.0. The first-order chi connectivity index (χ1) is 14.9. The molecule has 7 nitrogen and oxygen atoms in total. The van der Waals surface area contributed by atoms with E-state index in [1.54, 1.807) is 17.0 Å². The lowest BCUT2D eigenvalue weighted by atomic mass is 9.95. The summed E-state index contributed by atoms with van der Waals surface area (Å²) in [6.45, 7) is 5.00. The number of carbonyl (C=O) groups is 2. The number of para-hydroxylation sites is 1. The molecule has 1 heterocycles. The number of benzene rings is 2. The number of likely N-dealkylation sites (tertiary alicyclic amines) is 1. The smallest absolute Gasteiger partial charge is 0.254 e. The van der Waals surface area contributed by atoms with Gasteiger partial charge in [0, 0.05) is 30.3 Å². The Morgan fingerprint density at radius 2 is 1.48 bits per heavy atom. The molecule has 3 rings (SSSR count). The Labute approximate surface area is 183 Å². The molecule has 0 bridgehead atoms. The number of nitrogens with one attached hydrogen (secondary N) is 1. The van der Waals surface area contributed by atoms with Crippen LogP contribution in [-0.2, 0) is 4.79 Å². The SMILES string of the molecule is COc1cc(C(=O)N2CCC(C(=O)Nc3c(C)cccc3C)CC2)cc(OC)c1OC. The van der Waals surface area contributed by atoms with Crippen LogP contribution in [0.2, 0.25) is 0 Å². The van der Waals surface area contributed by atoms with Gasteiger partial charge in [-0.05, 0) is 49.9 Å². The third-order valence-electron chi connectivity index (χ3n) is 5.79. The lowest BCUT2D eigenvalue weighted by Gasteiger charge is -2.32. The summed E-state index contributed by atoms with van der Waals surface area (Å²) in [4.78, 5) is 27.6. The lowest BCUT2D eigenvalue weighted by Crippen LogP contribution is -2.41. The Balaban J connectivity index is 1.67. The highest BCUT2D eigenvalue weighted by molar-refractivity contribution is 5.97. The van der Waals surface area contributed by atoms with Crippen molar-refractivity contribution in [1.29, 1.82) is 0 Å². The Morgan fingerprint density at radius 1 is 0.935 bits per heavy atom. The minimum Gasteiger partial charge on any atom is -0.493 e. The molecule has 0 aliphatic carbocycles. The fraction of sp³-hybridized carbons (Fsp3) is 0.417. The van der Waals surface area contributed by atoms with Gasteiger partial charge in [0.25, 0.3) is 5.91 Å². The van der Waals surface area contributed by atoms with Gasteiger partial charge in [-0.3, -0.25) is 9.59 Å². The van der Waals surface area contributed by atoms with E-state index in [4.69, 9.17) is 14.2 Å². The number of methoxy groups -OCH3 is 3. The Hall–Kier alpha value is -3.22. The van der Waals surface area contributed by atoms with Gasteiger partial charge in [-0.2, -0.15) is 0 Å². The van der Waals surface area contributed by atoms with Crippen LogP contribution in [0.25, 0.3) is 0 Å². The van der Waals surface area contributed by atoms with Gasteiger partial charge in [0.1, 0.15) is 0 Å². The molecule has 0 aromatic heterocycles. The molecule has 0 atom stereocenters. The number of nitrogens with zero attached hydrogens (tertiary/aromatic N) is 1. The maximum atomic E-state index is 13.1. The van der Waals surface area contributed by atoms with Crippen LogP contribution in [0, 0.1) is 19.8 Å². The van der Waals surface area contributed by atoms with Crippen molar-refractivity contribution in [2.45, 2.75) is 26.7 Å². The molecule has 0 spiro atoms. The predicted molar refractivity (Wildman–Crippen MR) is 119 cm³/mol. The van der Waals surface area contributed by atoms with E-state index in [9.17, 15) is 9.59 Å². The summed E-state index contributed by atoms with van der Waals surface area (Å²) >= 11 is 0. The third kappa shape index (κ3) is 4.76. The zero-order valence-electron chi connectivity index (χ0n) is 18.8. The maximum Gasteiger partial charge on any atom is 0.254 e. The molecule has 1 aliphatic rings. The van der Waals surface area contributed by atoms with Crippen LogP contribution in [0.5, 0.6) is 17.2 Å². The van der Waals surface area contributed by atoms with E-state index in [0.29, 0.717) is 48.7 Å². The number of aryl methyl sites for hydroxylation is 2. The van der Waals surface area contributed by atoms with Crippen LogP contribution >= 0.6 is 0 Å². The van der Waals surface area contributed by atoms with Crippen LogP contribution in [0.4, 0.5) is 5.69 Å². The zero-order valence-corrected chi connectivity index (χ0v) is 18.8. The van der Waals surface area contributed by atoms with Gasteiger partial charge in [0.15, 0.2) is 11.5 Å². The molecule has 166 valence electrons. The predicted octanol–water partition coefficient (Wildman–Crippen LogP) is 3.82. The lowest BCUT2D eigenvalue weighted by molar-refractivity contribution is -0.121. The molecule has 1 N–H and O–H groups in total. The average molecular weight is 427 g/mol. The van der Waals surface area contributed by atoms with Crippen LogP contribution in [-0.4, -0.2) is 51.1 Å². The molecule has 7 heteroatoms. The summed E-state index contributed by atoms with van der Waals surface area (Å²) in [7, 11) is 4.56. The van der Waals surface area contributed by atoms with Crippen LogP contribution in [0.1, 0.15) is 34.3 Å². The van der Waals surface area contributed by atoms with Crippen molar-refractivity contribution < 1.29 is 23.8 Å². The highest BCUT2D eigenvalue weighted by atomic mass is 16.5. The minimum absolute atomic E-state index is 0.0114. The average Bonchev–Trinajstić information content (AvgIpc) is 2.79.